The van der Waals surface area contributed by atoms with Crippen LogP contribution >= 0.6 is 0 Å². The van der Waals surface area contributed by atoms with Crippen LogP contribution < -0.4 is 5.56 Å². The van der Waals surface area contributed by atoms with E-state index in [1.165, 1.54) is 10.9 Å². The van der Waals surface area contributed by atoms with Crippen molar-refractivity contribution in [2.24, 2.45) is 0 Å². The molecule has 17 heavy (non-hydrogen) atoms. The highest BCUT2D eigenvalue weighted by atomic mass is 16.1. The standard InChI is InChI=1S/C12H10N4O/c1-2-7-15-11(17)9-5-3-4-6-10(9)16-12(15)13-8-14-16/h2-8H,1H3/b7-2+. The third kappa shape index (κ3) is 1.29. The molecule has 0 saturated heterocycles. The SMILES string of the molecule is C/C=C/n1c(=O)c2ccccc2n2ncnc12. The van der Waals surface area contributed by atoms with Gasteiger partial charge in [-0.05, 0) is 19.1 Å². The number of nitrogens with zero attached hydrogens (tertiary/aromatic N) is 4. The van der Waals surface area contributed by atoms with Crippen LogP contribution in [0, 0.1) is 0 Å². The highest BCUT2D eigenvalue weighted by Crippen LogP contribution is 2.10. The van der Waals surface area contributed by atoms with Gasteiger partial charge in [-0.3, -0.25) is 9.36 Å². The third-order valence-corrected chi connectivity index (χ3v) is 2.62. The molecule has 5 nitrogen and oxygen atoms in total. The van der Waals surface area contributed by atoms with Crippen molar-refractivity contribution in [3.05, 3.63) is 47.0 Å². The van der Waals surface area contributed by atoms with Gasteiger partial charge in [0, 0.05) is 6.20 Å². The minimum Gasteiger partial charge on any atom is -0.268 e. The van der Waals surface area contributed by atoms with Crippen LogP contribution in [0.2, 0.25) is 0 Å². The molecule has 5 heteroatoms. The molecule has 0 aliphatic rings. The van der Waals surface area contributed by atoms with Crippen LogP contribution in [0.3, 0.4) is 0 Å². The maximum atomic E-state index is 12.3. The lowest BCUT2D eigenvalue weighted by Crippen LogP contribution is -2.19. The van der Waals surface area contributed by atoms with E-state index in [1.807, 2.05) is 25.1 Å². The van der Waals surface area contributed by atoms with Crippen molar-refractivity contribution < 1.29 is 0 Å². The number of aromatic nitrogens is 4. The van der Waals surface area contributed by atoms with E-state index in [0.717, 1.165) is 5.52 Å². The summed E-state index contributed by atoms with van der Waals surface area (Å²) in [5, 5.41) is 4.77. The molecule has 0 radical (unpaired) electrons. The Morgan fingerprint density at radius 2 is 2.12 bits per heavy atom. The highest BCUT2D eigenvalue weighted by molar-refractivity contribution is 5.80. The van der Waals surface area contributed by atoms with Gasteiger partial charge in [-0.1, -0.05) is 18.2 Å². The molecule has 3 rings (SSSR count). The molecule has 0 saturated carbocycles. The van der Waals surface area contributed by atoms with Gasteiger partial charge in [-0.2, -0.15) is 14.6 Å². The number of fused-ring (bicyclic) bond motifs is 3. The Hall–Kier alpha value is -2.43. The topological polar surface area (TPSA) is 52.2 Å². The number of rotatable bonds is 1. The molecule has 0 spiro atoms. The molecular formula is C12H10N4O. The first-order valence-corrected chi connectivity index (χ1v) is 5.28. The molecular weight excluding hydrogens is 216 g/mol. The summed E-state index contributed by atoms with van der Waals surface area (Å²) in [6.45, 7) is 1.86. The fourth-order valence-corrected chi connectivity index (χ4v) is 1.91. The van der Waals surface area contributed by atoms with Crippen molar-refractivity contribution in [1.29, 1.82) is 0 Å². The molecule has 0 N–H and O–H groups in total. The predicted octanol–water partition coefficient (Wildman–Crippen LogP) is 1.53. The van der Waals surface area contributed by atoms with Crippen LogP contribution in [-0.4, -0.2) is 19.2 Å². The maximum absolute atomic E-state index is 12.3. The van der Waals surface area contributed by atoms with E-state index in [2.05, 4.69) is 10.1 Å². The number of hydrogen-bond donors (Lipinski definition) is 0. The van der Waals surface area contributed by atoms with Gasteiger partial charge in [0.1, 0.15) is 6.33 Å². The number of hydrogen-bond acceptors (Lipinski definition) is 3. The van der Waals surface area contributed by atoms with Gasteiger partial charge < -0.3 is 0 Å². The van der Waals surface area contributed by atoms with E-state index in [-0.39, 0.29) is 5.56 Å². The Kier molecular flexibility index (Phi) is 2.04. The molecule has 84 valence electrons. The Morgan fingerprint density at radius 1 is 1.29 bits per heavy atom. The summed E-state index contributed by atoms with van der Waals surface area (Å²) >= 11 is 0. The molecule has 0 aliphatic carbocycles. The lowest BCUT2D eigenvalue weighted by molar-refractivity contribution is 0.941. The van der Waals surface area contributed by atoms with Crippen LogP contribution in [0.25, 0.3) is 22.9 Å². The van der Waals surface area contributed by atoms with Crippen LogP contribution in [0.15, 0.2) is 41.5 Å². The van der Waals surface area contributed by atoms with E-state index in [0.29, 0.717) is 11.2 Å². The second kappa shape index (κ2) is 3.55. The first-order valence-electron chi connectivity index (χ1n) is 5.28. The predicted molar refractivity (Wildman–Crippen MR) is 65.8 cm³/mol. The highest BCUT2D eigenvalue weighted by Gasteiger charge is 2.09. The Bertz CT molecular complexity index is 782. The van der Waals surface area contributed by atoms with Crippen molar-refractivity contribution in [2.75, 3.05) is 0 Å². The molecule has 0 aliphatic heterocycles. The van der Waals surface area contributed by atoms with Crippen molar-refractivity contribution in [1.82, 2.24) is 19.2 Å². The van der Waals surface area contributed by atoms with Crippen LogP contribution in [0.1, 0.15) is 6.92 Å². The van der Waals surface area contributed by atoms with Gasteiger partial charge in [0.2, 0.25) is 5.78 Å². The maximum Gasteiger partial charge on any atom is 0.266 e. The average molecular weight is 226 g/mol. The normalized spacial score (nSPS) is 11.8. The Balaban J connectivity index is 2.65. The average Bonchev–Trinajstić information content (AvgIpc) is 2.84. The quantitative estimate of drug-likeness (QED) is 0.632. The fraction of sp³-hybridized carbons (Fsp3) is 0.0833. The smallest absolute Gasteiger partial charge is 0.266 e. The van der Waals surface area contributed by atoms with E-state index in [4.69, 9.17) is 0 Å². The first-order chi connectivity index (χ1) is 8.33. The summed E-state index contributed by atoms with van der Waals surface area (Å²) in [4.78, 5) is 16.4. The molecule has 2 heterocycles. The molecule has 0 unspecified atom stereocenters. The largest absolute Gasteiger partial charge is 0.268 e. The van der Waals surface area contributed by atoms with Crippen LogP contribution in [0.4, 0.5) is 0 Å². The molecule has 0 amide bonds. The van der Waals surface area contributed by atoms with Gasteiger partial charge in [-0.15, -0.1) is 0 Å². The zero-order valence-corrected chi connectivity index (χ0v) is 9.24. The molecule has 2 aromatic heterocycles. The summed E-state index contributed by atoms with van der Waals surface area (Å²) < 4.78 is 3.16. The molecule has 3 aromatic rings. The Morgan fingerprint density at radius 3 is 2.94 bits per heavy atom. The molecule has 0 fully saturated rings. The van der Waals surface area contributed by atoms with Crippen molar-refractivity contribution in [3.8, 4) is 0 Å². The lowest BCUT2D eigenvalue weighted by atomic mass is 10.2. The van der Waals surface area contributed by atoms with Gasteiger partial charge in [0.15, 0.2) is 0 Å². The van der Waals surface area contributed by atoms with Gasteiger partial charge in [0.25, 0.3) is 5.56 Å². The Labute approximate surface area is 96.6 Å². The van der Waals surface area contributed by atoms with Gasteiger partial charge >= 0.3 is 0 Å². The van der Waals surface area contributed by atoms with Crippen molar-refractivity contribution >= 4 is 22.9 Å². The van der Waals surface area contributed by atoms with Crippen molar-refractivity contribution in [2.45, 2.75) is 6.92 Å². The molecule has 1 aromatic carbocycles. The number of benzene rings is 1. The summed E-state index contributed by atoms with van der Waals surface area (Å²) in [7, 11) is 0. The van der Waals surface area contributed by atoms with Crippen molar-refractivity contribution in [3.63, 3.8) is 0 Å². The van der Waals surface area contributed by atoms with E-state index in [1.54, 1.807) is 22.9 Å². The van der Waals surface area contributed by atoms with E-state index < -0.39 is 0 Å². The zero-order chi connectivity index (χ0) is 11.8. The lowest BCUT2D eigenvalue weighted by Gasteiger charge is -2.04. The zero-order valence-electron chi connectivity index (χ0n) is 9.24. The second-order valence-corrected chi connectivity index (χ2v) is 3.65. The molecule has 0 atom stereocenters. The number of para-hydroxylation sites is 1. The van der Waals surface area contributed by atoms with Crippen LogP contribution in [-0.2, 0) is 0 Å². The summed E-state index contributed by atoms with van der Waals surface area (Å²) in [5.74, 6) is 0.520. The van der Waals surface area contributed by atoms with E-state index in [9.17, 15) is 4.79 Å². The monoisotopic (exact) mass is 226 g/mol. The third-order valence-electron chi connectivity index (χ3n) is 2.62. The van der Waals surface area contributed by atoms with E-state index >= 15 is 0 Å². The van der Waals surface area contributed by atoms with Crippen LogP contribution in [0.5, 0.6) is 0 Å². The minimum absolute atomic E-state index is 0.0841. The van der Waals surface area contributed by atoms with Gasteiger partial charge in [-0.25, -0.2) is 0 Å². The first kappa shape index (κ1) is 9.77. The molecule has 0 bridgehead atoms. The summed E-state index contributed by atoms with van der Waals surface area (Å²) in [5.41, 5.74) is 0.685. The second-order valence-electron chi connectivity index (χ2n) is 3.65. The minimum atomic E-state index is -0.0841. The summed E-state index contributed by atoms with van der Waals surface area (Å²) in [6, 6.07) is 7.37. The van der Waals surface area contributed by atoms with Gasteiger partial charge in [0.05, 0.1) is 10.9 Å². The fourth-order valence-electron chi connectivity index (χ4n) is 1.91. The number of allylic oxidation sites excluding steroid dienone is 1. The summed E-state index contributed by atoms with van der Waals surface area (Å²) in [6.07, 6.45) is 4.94.